The van der Waals surface area contributed by atoms with E-state index in [2.05, 4.69) is 13.8 Å². The molecule has 0 unspecified atom stereocenters. The van der Waals surface area contributed by atoms with Gasteiger partial charge in [0.05, 0.1) is 23.4 Å². The number of fused-ring (bicyclic) bond motifs is 1. The van der Waals surface area contributed by atoms with Gasteiger partial charge in [-0.15, -0.1) is 0 Å². The molecule has 3 aliphatic rings. The van der Waals surface area contributed by atoms with E-state index in [1.165, 1.54) is 4.90 Å². The van der Waals surface area contributed by atoms with E-state index < -0.39 is 11.9 Å². The molecular formula is C30H32N2O5. The van der Waals surface area contributed by atoms with Crippen molar-refractivity contribution in [2.45, 2.75) is 52.9 Å². The number of para-hydroxylation sites is 1. The number of carbonyl (C=O) groups is 4. The van der Waals surface area contributed by atoms with Crippen LogP contribution in [0.3, 0.4) is 0 Å². The Bertz CT molecular complexity index is 1270. The second-order valence-corrected chi connectivity index (χ2v) is 10.2. The van der Waals surface area contributed by atoms with Gasteiger partial charge in [-0.25, -0.2) is 0 Å². The quantitative estimate of drug-likeness (QED) is 0.250. The van der Waals surface area contributed by atoms with Crippen LogP contribution in [0.25, 0.3) is 0 Å². The molecular weight excluding hydrogens is 468 g/mol. The monoisotopic (exact) mass is 500 g/mol. The lowest BCUT2D eigenvalue weighted by Crippen LogP contribution is -2.30. The van der Waals surface area contributed by atoms with Crippen LogP contribution in [0.2, 0.25) is 0 Å². The van der Waals surface area contributed by atoms with Crippen molar-refractivity contribution in [2.75, 3.05) is 16.3 Å². The van der Waals surface area contributed by atoms with E-state index in [9.17, 15) is 19.2 Å². The molecule has 3 amide bonds. The van der Waals surface area contributed by atoms with Crippen LogP contribution >= 0.6 is 0 Å². The Labute approximate surface area is 217 Å². The van der Waals surface area contributed by atoms with E-state index in [0.717, 1.165) is 35.2 Å². The molecule has 5 rings (SSSR count). The molecule has 2 heterocycles. The van der Waals surface area contributed by atoms with Crippen molar-refractivity contribution in [1.82, 2.24) is 0 Å². The van der Waals surface area contributed by atoms with E-state index in [4.69, 9.17) is 4.74 Å². The van der Waals surface area contributed by atoms with Crippen LogP contribution < -0.4 is 14.5 Å². The molecule has 2 aromatic rings. The summed E-state index contributed by atoms with van der Waals surface area (Å²) in [6.45, 7) is 6.39. The molecule has 0 spiro atoms. The second-order valence-electron chi connectivity index (χ2n) is 10.2. The molecule has 192 valence electrons. The van der Waals surface area contributed by atoms with Crippen molar-refractivity contribution in [3.63, 3.8) is 0 Å². The van der Waals surface area contributed by atoms with E-state index in [0.29, 0.717) is 24.3 Å². The molecule has 0 N–H and O–H groups in total. The highest BCUT2D eigenvalue weighted by molar-refractivity contribution is 6.22. The van der Waals surface area contributed by atoms with Crippen LogP contribution in [-0.2, 0) is 32.0 Å². The first kappa shape index (κ1) is 24.9. The zero-order valence-corrected chi connectivity index (χ0v) is 21.5. The fourth-order valence-corrected chi connectivity index (χ4v) is 5.80. The molecule has 2 saturated heterocycles. The highest BCUT2D eigenvalue weighted by Crippen LogP contribution is 2.40. The summed E-state index contributed by atoms with van der Waals surface area (Å²) in [4.78, 5) is 54.7. The Kier molecular flexibility index (Phi) is 6.71. The van der Waals surface area contributed by atoms with Crippen molar-refractivity contribution in [3.8, 4) is 5.75 Å². The number of allylic oxidation sites excluding steroid dienone is 2. The topological polar surface area (TPSA) is 84.0 Å². The summed E-state index contributed by atoms with van der Waals surface area (Å²) in [6, 6.07) is 12.5. The van der Waals surface area contributed by atoms with Crippen LogP contribution in [0.5, 0.6) is 5.75 Å². The van der Waals surface area contributed by atoms with Crippen LogP contribution in [-0.4, -0.2) is 30.2 Å². The molecule has 0 aromatic heterocycles. The minimum Gasteiger partial charge on any atom is -0.426 e. The molecule has 2 aromatic carbocycles. The first-order valence-electron chi connectivity index (χ1n) is 13.1. The van der Waals surface area contributed by atoms with Crippen LogP contribution in [0.4, 0.5) is 11.4 Å². The Morgan fingerprint density at radius 1 is 0.919 bits per heavy atom. The fraction of sp³-hybridized carbons (Fsp3) is 0.400. The van der Waals surface area contributed by atoms with E-state index in [1.54, 1.807) is 29.2 Å². The normalized spacial score (nSPS) is 23.4. The number of amides is 3. The van der Waals surface area contributed by atoms with Gasteiger partial charge in [-0.1, -0.05) is 43.7 Å². The van der Waals surface area contributed by atoms with Crippen LogP contribution in [0, 0.1) is 17.8 Å². The van der Waals surface area contributed by atoms with Crippen molar-refractivity contribution in [2.24, 2.45) is 17.8 Å². The van der Waals surface area contributed by atoms with Gasteiger partial charge in [0.2, 0.25) is 17.7 Å². The van der Waals surface area contributed by atoms with E-state index in [1.807, 2.05) is 31.2 Å². The maximum Gasteiger partial charge on any atom is 0.316 e. The Balaban J connectivity index is 1.27. The number of esters is 1. The first-order valence-corrected chi connectivity index (χ1v) is 13.1. The van der Waals surface area contributed by atoms with Crippen molar-refractivity contribution in [3.05, 3.63) is 65.2 Å². The lowest BCUT2D eigenvalue weighted by molar-refractivity contribution is -0.139. The minimum absolute atomic E-state index is 0.0786. The van der Waals surface area contributed by atoms with E-state index >= 15 is 0 Å². The summed E-state index contributed by atoms with van der Waals surface area (Å²) in [7, 11) is 0. The SMILES string of the molecule is CCc1cccc(CC)c1N1C[C@H](C(=O)Oc2ccc(N3C(=O)[C@H]4CC=C(C)C[C@@H]4C3=O)cc2)CC1=O. The van der Waals surface area contributed by atoms with Gasteiger partial charge in [0.25, 0.3) is 0 Å². The predicted molar refractivity (Wildman–Crippen MR) is 140 cm³/mol. The summed E-state index contributed by atoms with van der Waals surface area (Å²) in [5.41, 5.74) is 4.72. The highest BCUT2D eigenvalue weighted by Gasteiger charge is 2.48. The Morgan fingerprint density at radius 3 is 2.22 bits per heavy atom. The Hall–Kier alpha value is -3.74. The number of anilines is 2. The molecule has 3 atom stereocenters. The second kappa shape index (κ2) is 9.96. The zero-order chi connectivity index (χ0) is 26.3. The van der Waals surface area contributed by atoms with Crippen molar-refractivity contribution >= 4 is 35.1 Å². The van der Waals surface area contributed by atoms with Gasteiger partial charge in [0.15, 0.2) is 0 Å². The van der Waals surface area contributed by atoms with Gasteiger partial charge in [-0.05, 0) is 68.0 Å². The van der Waals surface area contributed by atoms with Gasteiger partial charge >= 0.3 is 5.97 Å². The summed E-state index contributed by atoms with van der Waals surface area (Å²) in [6.07, 6.45) is 4.94. The fourth-order valence-electron chi connectivity index (χ4n) is 5.80. The number of aryl methyl sites for hydroxylation is 2. The molecule has 7 nitrogen and oxygen atoms in total. The predicted octanol–water partition coefficient (Wildman–Crippen LogP) is 4.62. The number of hydrogen-bond acceptors (Lipinski definition) is 5. The average molecular weight is 501 g/mol. The Morgan fingerprint density at radius 2 is 1.57 bits per heavy atom. The third-order valence-corrected chi connectivity index (χ3v) is 7.83. The smallest absolute Gasteiger partial charge is 0.316 e. The highest BCUT2D eigenvalue weighted by atomic mass is 16.5. The van der Waals surface area contributed by atoms with Crippen molar-refractivity contribution in [1.29, 1.82) is 0 Å². The molecule has 1 aliphatic carbocycles. The molecule has 0 radical (unpaired) electrons. The lowest BCUT2D eigenvalue weighted by atomic mass is 9.82. The maximum atomic E-state index is 13.0. The summed E-state index contributed by atoms with van der Waals surface area (Å²) in [5.74, 6) is -1.74. The third-order valence-electron chi connectivity index (χ3n) is 7.83. The first-order chi connectivity index (χ1) is 17.8. The number of imide groups is 1. The van der Waals surface area contributed by atoms with Crippen LogP contribution in [0.15, 0.2) is 54.1 Å². The lowest BCUT2D eigenvalue weighted by Gasteiger charge is -2.23. The number of carbonyl (C=O) groups excluding carboxylic acids is 4. The minimum atomic E-state index is -0.567. The van der Waals surface area contributed by atoms with Gasteiger partial charge in [0.1, 0.15) is 5.75 Å². The summed E-state index contributed by atoms with van der Waals surface area (Å²) in [5, 5.41) is 0. The molecule has 2 aliphatic heterocycles. The molecule has 2 fully saturated rings. The van der Waals surface area contributed by atoms with Gasteiger partial charge < -0.3 is 9.64 Å². The maximum absolute atomic E-state index is 13.0. The number of benzene rings is 2. The van der Waals surface area contributed by atoms with Crippen LogP contribution in [0.1, 0.15) is 51.2 Å². The zero-order valence-electron chi connectivity index (χ0n) is 21.5. The number of rotatable bonds is 6. The molecule has 37 heavy (non-hydrogen) atoms. The number of hydrogen-bond donors (Lipinski definition) is 0. The van der Waals surface area contributed by atoms with Crippen molar-refractivity contribution < 1.29 is 23.9 Å². The van der Waals surface area contributed by atoms with Gasteiger partial charge in [-0.3, -0.25) is 24.1 Å². The molecule has 7 heteroatoms. The van der Waals surface area contributed by atoms with Gasteiger partial charge in [-0.2, -0.15) is 0 Å². The average Bonchev–Trinajstić information content (AvgIpc) is 3.40. The van der Waals surface area contributed by atoms with Gasteiger partial charge in [0, 0.05) is 18.7 Å². The summed E-state index contributed by atoms with van der Waals surface area (Å²) < 4.78 is 5.61. The third kappa shape index (κ3) is 4.47. The standard InChI is InChI=1S/C30H32N2O5/c1-4-19-7-6-8-20(5-2)27(19)31-17-21(16-26(31)33)30(36)37-23-12-10-22(11-13-23)32-28(34)24-14-9-18(3)15-25(24)29(32)35/h6-13,21,24-25H,4-5,14-17H2,1-3H3/t21-,24+,25+/m1/s1. The number of ether oxygens (including phenoxy) is 1. The summed E-state index contributed by atoms with van der Waals surface area (Å²) >= 11 is 0. The molecule has 0 bridgehead atoms. The largest absolute Gasteiger partial charge is 0.426 e. The number of nitrogens with zero attached hydrogens (tertiary/aromatic N) is 2. The molecule has 0 saturated carbocycles. The van der Waals surface area contributed by atoms with E-state index in [-0.39, 0.29) is 42.5 Å².